The summed E-state index contributed by atoms with van der Waals surface area (Å²) in [6.45, 7) is 4.43. The number of likely N-dealkylation sites (N-methyl/N-ethyl adjacent to an activating group) is 1. The number of carbonyl (C=O) groups is 1. The number of carbonyl (C=O) groups excluding carboxylic acids is 1. The van der Waals surface area contributed by atoms with Gasteiger partial charge in [0.25, 0.3) is 5.91 Å². The number of nitrogens with zero attached hydrogens (tertiary/aromatic N) is 1. The second kappa shape index (κ2) is 8.02. The van der Waals surface area contributed by atoms with Crippen LogP contribution in [-0.4, -0.2) is 24.0 Å². The summed E-state index contributed by atoms with van der Waals surface area (Å²) in [5.74, 6) is 0.643. The molecule has 0 heterocycles. The van der Waals surface area contributed by atoms with Crippen LogP contribution in [0.2, 0.25) is 5.02 Å². The lowest BCUT2D eigenvalue weighted by Gasteiger charge is -2.24. The molecule has 4 heteroatoms. The van der Waals surface area contributed by atoms with Crippen LogP contribution in [0.15, 0.2) is 48.5 Å². The molecule has 2 aromatic rings. The first kappa shape index (κ1) is 17.4. The Labute approximate surface area is 142 Å². The summed E-state index contributed by atoms with van der Waals surface area (Å²) in [6.07, 6.45) is 0.115. The number of aryl methyl sites for hydroxylation is 1. The molecular weight excluding hydrogens is 310 g/mol. The largest absolute Gasteiger partial charge is 0.481 e. The summed E-state index contributed by atoms with van der Waals surface area (Å²) in [6, 6.07) is 15.4. The highest BCUT2D eigenvalue weighted by molar-refractivity contribution is 6.31. The quantitative estimate of drug-likeness (QED) is 0.782. The first-order valence-electron chi connectivity index (χ1n) is 7.73. The minimum absolute atomic E-state index is 0.0241. The fourth-order valence-corrected chi connectivity index (χ4v) is 2.46. The molecule has 0 saturated carbocycles. The van der Waals surface area contributed by atoms with Gasteiger partial charge in [0, 0.05) is 18.6 Å². The molecule has 0 bridgehead atoms. The Kier molecular flexibility index (Phi) is 6.05. The zero-order valence-electron chi connectivity index (χ0n) is 13.8. The van der Waals surface area contributed by atoms with Gasteiger partial charge in [0.15, 0.2) is 6.10 Å². The summed E-state index contributed by atoms with van der Waals surface area (Å²) >= 11 is 6.02. The summed E-state index contributed by atoms with van der Waals surface area (Å²) in [4.78, 5) is 14.3. The van der Waals surface area contributed by atoms with Gasteiger partial charge in [0.2, 0.25) is 0 Å². The van der Waals surface area contributed by atoms with Crippen molar-refractivity contribution in [3.05, 3.63) is 64.7 Å². The Morgan fingerprint density at radius 2 is 1.91 bits per heavy atom. The van der Waals surface area contributed by atoms with E-state index in [2.05, 4.69) is 0 Å². The zero-order valence-corrected chi connectivity index (χ0v) is 14.5. The maximum atomic E-state index is 12.6. The standard InChI is InChI=1S/C19H22ClNO2/c1-4-18(23-16-10-11-17(20)14(2)12-16)19(22)21(3)13-15-8-6-5-7-9-15/h5-12,18H,4,13H2,1-3H3/t18-/m0/s1. The molecule has 0 unspecified atom stereocenters. The summed E-state index contributed by atoms with van der Waals surface area (Å²) in [5.41, 5.74) is 2.03. The molecule has 0 aromatic heterocycles. The van der Waals surface area contributed by atoms with Crippen LogP contribution >= 0.6 is 11.6 Å². The topological polar surface area (TPSA) is 29.5 Å². The van der Waals surface area contributed by atoms with E-state index in [4.69, 9.17) is 16.3 Å². The van der Waals surface area contributed by atoms with E-state index < -0.39 is 6.10 Å². The van der Waals surface area contributed by atoms with Crippen LogP contribution in [0.3, 0.4) is 0 Å². The maximum Gasteiger partial charge on any atom is 0.263 e. The third kappa shape index (κ3) is 4.73. The van der Waals surface area contributed by atoms with Crippen molar-refractivity contribution in [2.45, 2.75) is 32.9 Å². The van der Waals surface area contributed by atoms with Crippen molar-refractivity contribution in [1.29, 1.82) is 0 Å². The van der Waals surface area contributed by atoms with Gasteiger partial charge in [-0.15, -0.1) is 0 Å². The van der Waals surface area contributed by atoms with Gasteiger partial charge in [0.1, 0.15) is 5.75 Å². The zero-order chi connectivity index (χ0) is 16.8. The van der Waals surface area contributed by atoms with Crippen molar-refractivity contribution in [3.63, 3.8) is 0 Å². The third-order valence-electron chi connectivity index (χ3n) is 3.69. The van der Waals surface area contributed by atoms with Crippen LogP contribution in [-0.2, 0) is 11.3 Å². The number of benzene rings is 2. The van der Waals surface area contributed by atoms with Gasteiger partial charge in [-0.3, -0.25) is 4.79 Å². The summed E-state index contributed by atoms with van der Waals surface area (Å²) < 4.78 is 5.87. The Morgan fingerprint density at radius 1 is 1.22 bits per heavy atom. The number of hydrogen-bond donors (Lipinski definition) is 0. The molecule has 0 fully saturated rings. The molecule has 2 rings (SSSR count). The fraction of sp³-hybridized carbons (Fsp3) is 0.316. The highest BCUT2D eigenvalue weighted by atomic mass is 35.5. The van der Waals surface area contributed by atoms with E-state index in [9.17, 15) is 4.79 Å². The summed E-state index contributed by atoms with van der Waals surface area (Å²) in [5, 5.41) is 0.693. The molecule has 122 valence electrons. The molecule has 0 spiro atoms. The minimum Gasteiger partial charge on any atom is -0.481 e. The van der Waals surface area contributed by atoms with Crippen LogP contribution in [0.25, 0.3) is 0 Å². The Balaban J connectivity index is 2.04. The van der Waals surface area contributed by atoms with Gasteiger partial charge in [-0.2, -0.15) is 0 Å². The number of rotatable bonds is 6. The minimum atomic E-state index is -0.496. The summed E-state index contributed by atoms with van der Waals surface area (Å²) in [7, 11) is 1.80. The molecule has 0 saturated heterocycles. The highest BCUT2D eigenvalue weighted by Gasteiger charge is 2.22. The van der Waals surface area contributed by atoms with E-state index in [1.807, 2.05) is 50.2 Å². The number of hydrogen-bond acceptors (Lipinski definition) is 2. The molecular formula is C19H22ClNO2. The van der Waals surface area contributed by atoms with E-state index >= 15 is 0 Å². The SMILES string of the molecule is CC[C@H](Oc1ccc(Cl)c(C)c1)C(=O)N(C)Cc1ccccc1. The Hall–Kier alpha value is -2.00. The Morgan fingerprint density at radius 3 is 2.52 bits per heavy atom. The lowest BCUT2D eigenvalue weighted by atomic mass is 10.2. The van der Waals surface area contributed by atoms with Gasteiger partial charge in [-0.25, -0.2) is 0 Å². The van der Waals surface area contributed by atoms with Crippen LogP contribution in [0, 0.1) is 6.92 Å². The van der Waals surface area contributed by atoms with E-state index in [1.165, 1.54) is 0 Å². The van der Waals surface area contributed by atoms with Crippen molar-refractivity contribution >= 4 is 17.5 Å². The third-order valence-corrected chi connectivity index (χ3v) is 4.12. The van der Waals surface area contributed by atoms with Gasteiger partial charge >= 0.3 is 0 Å². The number of ether oxygens (including phenoxy) is 1. The van der Waals surface area contributed by atoms with Crippen LogP contribution in [0.1, 0.15) is 24.5 Å². The number of amides is 1. The van der Waals surface area contributed by atoms with Crippen molar-refractivity contribution in [2.24, 2.45) is 0 Å². The van der Waals surface area contributed by atoms with Crippen molar-refractivity contribution in [1.82, 2.24) is 4.90 Å². The van der Waals surface area contributed by atoms with Crippen molar-refractivity contribution in [2.75, 3.05) is 7.05 Å². The van der Waals surface area contributed by atoms with Gasteiger partial charge in [0.05, 0.1) is 0 Å². The molecule has 1 amide bonds. The van der Waals surface area contributed by atoms with Gasteiger partial charge < -0.3 is 9.64 Å². The predicted octanol–water partition coefficient (Wildman–Crippen LogP) is 4.46. The van der Waals surface area contributed by atoms with Crippen LogP contribution in [0.4, 0.5) is 0 Å². The van der Waals surface area contributed by atoms with Crippen LogP contribution in [0.5, 0.6) is 5.75 Å². The lowest BCUT2D eigenvalue weighted by molar-refractivity contribution is -0.138. The normalized spacial score (nSPS) is 11.8. The second-order valence-electron chi connectivity index (χ2n) is 5.61. The van der Waals surface area contributed by atoms with Gasteiger partial charge in [-0.1, -0.05) is 48.9 Å². The molecule has 0 aliphatic heterocycles. The first-order chi connectivity index (χ1) is 11.0. The average molecular weight is 332 g/mol. The molecule has 0 radical (unpaired) electrons. The molecule has 0 aliphatic carbocycles. The molecule has 0 N–H and O–H groups in total. The fourth-order valence-electron chi connectivity index (χ4n) is 2.34. The van der Waals surface area contributed by atoms with Crippen molar-refractivity contribution < 1.29 is 9.53 Å². The second-order valence-corrected chi connectivity index (χ2v) is 6.01. The van der Waals surface area contributed by atoms with E-state index in [-0.39, 0.29) is 5.91 Å². The smallest absolute Gasteiger partial charge is 0.263 e. The Bertz CT molecular complexity index is 658. The lowest BCUT2D eigenvalue weighted by Crippen LogP contribution is -2.39. The average Bonchev–Trinajstić information content (AvgIpc) is 2.56. The molecule has 0 aliphatic rings. The van der Waals surface area contributed by atoms with E-state index in [0.29, 0.717) is 23.7 Å². The van der Waals surface area contributed by atoms with Crippen molar-refractivity contribution in [3.8, 4) is 5.75 Å². The maximum absolute atomic E-state index is 12.6. The molecule has 2 aromatic carbocycles. The molecule has 1 atom stereocenters. The highest BCUT2D eigenvalue weighted by Crippen LogP contribution is 2.23. The monoisotopic (exact) mass is 331 g/mol. The predicted molar refractivity (Wildman–Crippen MR) is 93.8 cm³/mol. The number of halogens is 1. The van der Waals surface area contributed by atoms with E-state index in [1.54, 1.807) is 24.1 Å². The van der Waals surface area contributed by atoms with E-state index in [0.717, 1.165) is 11.1 Å². The van der Waals surface area contributed by atoms with Crippen LogP contribution < -0.4 is 4.74 Å². The first-order valence-corrected chi connectivity index (χ1v) is 8.10. The molecule has 23 heavy (non-hydrogen) atoms. The van der Waals surface area contributed by atoms with Gasteiger partial charge in [-0.05, 0) is 42.7 Å². The molecule has 3 nitrogen and oxygen atoms in total.